The number of aliphatic hydroxyl groups excluding tert-OH is 1. The molecule has 5 N–H and O–H groups in total. The number of esters is 1. The molecular weight excluding hydrogens is 961 g/mol. The molecule has 0 saturated carbocycles. The summed E-state index contributed by atoms with van der Waals surface area (Å²) in [6, 6.07) is 18.2. The van der Waals surface area contributed by atoms with Gasteiger partial charge in [0.1, 0.15) is 41.2 Å². The highest BCUT2D eigenvalue weighted by molar-refractivity contribution is 6.01. The number of methoxy groups -OCH3 is 2. The summed E-state index contributed by atoms with van der Waals surface area (Å²) in [7, 11) is 2.87. The number of Topliss-reactive ketones (excluding diaryl/α,β-unsaturated/α-hetero) is 4. The molecule has 394 valence electrons. The number of amides is 1. The first-order valence-electron chi connectivity index (χ1n) is 23.4. The van der Waals surface area contributed by atoms with Gasteiger partial charge in [-0.05, 0) is 77.2 Å². The predicted octanol–water partition coefficient (Wildman–Crippen LogP) is 4.99. The van der Waals surface area contributed by atoms with Gasteiger partial charge in [-0.3, -0.25) is 28.8 Å². The van der Waals surface area contributed by atoms with Crippen LogP contribution >= 0.6 is 0 Å². The summed E-state index contributed by atoms with van der Waals surface area (Å²) in [6.07, 6.45) is 1.21. The number of phenolic OH excluding ortho intramolecular Hbond substituents is 2. The summed E-state index contributed by atoms with van der Waals surface area (Å²) in [5.74, 6) is -1.68. The van der Waals surface area contributed by atoms with Crippen molar-refractivity contribution in [1.82, 2.24) is 20.3 Å². The number of rotatable bonds is 32. The third kappa shape index (κ3) is 20.9. The summed E-state index contributed by atoms with van der Waals surface area (Å²) < 4.78 is 34.4. The lowest BCUT2D eigenvalue weighted by atomic mass is 10.00. The van der Waals surface area contributed by atoms with E-state index in [4.69, 9.17) is 28.4 Å². The van der Waals surface area contributed by atoms with Crippen LogP contribution in [0, 0.1) is 0 Å². The van der Waals surface area contributed by atoms with Gasteiger partial charge in [-0.2, -0.15) is 0 Å². The highest BCUT2D eigenvalue weighted by Gasteiger charge is 2.17. The first-order chi connectivity index (χ1) is 35.6. The van der Waals surface area contributed by atoms with Gasteiger partial charge in [0.25, 0.3) is 0 Å². The lowest BCUT2D eigenvalue weighted by Crippen LogP contribution is -2.27. The van der Waals surface area contributed by atoms with Gasteiger partial charge in [-0.15, -0.1) is 10.8 Å². The third-order valence-electron chi connectivity index (χ3n) is 10.6. The minimum atomic E-state index is -0.653. The summed E-state index contributed by atoms with van der Waals surface area (Å²) in [6.45, 7) is 7.85. The Balaban J connectivity index is 0.00000385. The van der Waals surface area contributed by atoms with Crippen molar-refractivity contribution < 1.29 is 77.6 Å². The molecule has 0 bridgehead atoms. The lowest BCUT2D eigenvalue weighted by molar-refractivity contribution is -0.135. The Kier molecular flexibility index (Phi) is 24.7. The Morgan fingerprint density at radius 1 is 0.635 bits per heavy atom. The molecule has 4 aromatic carbocycles. The molecule has 0 radical (unpaired) electrons. The van der Waals surface area contributed by atoms with E-state index in [9.17, 15) is 49.2 Å². The molecule has 0 spiro atoms. The Bertz CT molecular complexity index is 2730. The van der Waals surface area contributed by atoms with Crippen LogP contribution in [0.5, 0.6) is 40.2 Å². The van der Waals surface area contributed by atoms with Gasteiger partial charge in [-0.25, -0.2) is 4.68 Å². The van der Waals surface area contributed by atoms with Crippen LogP contribution in [-0.2, 0) is 83.7 Å². The number of benzene rings is 4. The van der Waals surface area contributed by atoms with Gasteiger partial charge in [0, 0.05) is 50.6 Å². The largest absolute Gasteiger partial charge is 0.508 e. The minimum absolute atomic E-state index is 0.00349. The third-order valence-corrected chi connectivity index (χ3v) is 10.6. The van der Waals surface area contributed by atoms with Crippen LogP contribution in [-0.4, -0.2) is 118 Å². The van der Waals surface area contributed by atoms with Crippen molar-refractivity contribution >= 4 is 35.0 Å². The van der Waals surface area contributed by atoms with E-state index < -0.39 is 5.97 Å². The average Bonchev–Trinajstić information content (AvgIpc) is 3.82. The number of carbonyl (C=O) groups excluding carboxylic acids is 6. The van der Waals surface area contributed by atoms with Crippen LogP contribution in [0.2, 0.25) is 0 Å². The second-order valence-corrected chi connectivity index (χ2v) is 16.5. The van der Waals surface area contributed by atoms with E-state index in [0.29, 0.717) is 71.4 Å². The van der Waals surface area contributed by atoms with E-state index in [1.165, 1.54) is 56.7 Å². The minimum Gasteiger partial charge on any atom is -0.508 e. The zero-order chi connectivity index (χ0) is 53.8. The summed E-state index contributed by atoms with van der Waals surface area (Å²) in [5.41, 5.74) is 5.38. The van der Waals surface area contributed by atoms with Crippen molar-refractivity contribution in [2.24, 2.45) is 0 Å². The molecule has 20 nitrogen and oxygen atoms in total. The van der Waals surface area contributed by atoms with Crippen LogP contribution in [0.15, 0.2) is 97.9 Å². The molecule has 0 unspecified atom stereocenters. The molecule has 20 heteroatoms. The quantitative estimate of drug-likeness (QED) is 0.0125. The molecule has 0 aliphatic carbocycles. The van der Waals surface area contributed by atoms with Gasteiger partial charge in [0.05, 0.1) is 72.8 Å². The molecular formula is C54H62N4O16. The first kappa shape index (κ1) is 58.4. The normalized spacial score (nSPS) is 10.6. The summed E-state index contributed by atoms with van der Waals surface area (Å²) in [5, 5.41) is 50.1. The van der Waals surface area contributed by atoms with E-state index in [0.717, 1.165) is 0 Å². The van der Waals surface area contributed by atoms with Gasteiger partial charge in [0.15, 0.2) is 34.5 Å². The van der Waals surface area contributed by atoms with Gasteiger partial charge >= 0.3 is 5.97 Å². The molecule has 0 aliphatic heterocycles. The lowest BCUT2D eigenvalue weighted by Gasteiger charge is -2.11. The Morgan fingerprint density at radius 2 is 1.18 bits per heavy atom. The monoisotopic (exact) mass is 1020 g/mol. The number of hydrogen-bond acceptors (Lipinski definition) is 18. The molecule has 5 rings (SSSR count). The zero-order valence-corrected chi connectivity index (χ0v) is 41.5. The Morgan fingerprint density at radius 3 is 1.77 bits per heavy atom. The number of aliphatic hydroxyl groups is 1. The fraction of sp³-hybridized carbons (Fsp3) is 0.352. The number of nitrogens with zero attached hydrogens (tertiary/aromatic N) is 3. The fourth-order valence-corrected chi connectivity index (χ4v) is 7.07. The van der Waals surface area contributed by atoms with Crippen molar-refractivity contribution in [2.45, 2.75) is 77.5 Å². The van der Waals surface area contributed by atoms with Crippen LogP contribution in [0.4, 0.5) is 0 Å². The zero-order valence-electron chi connectivity index (χ0n) is 41.5. The molecule has 1 heterocycles. The number of nitrogens with one attached hydrogen (secondary N) is 1. The highest BCUT2D eigenvalue weighted by atomic mass is 16.5. The van der Waals surface area contributed by atoms with E-state index in [2.05, 4.69) is 34.5 Å². The van der Waals surface area contributed by atoms with Crippen molar-refractivity contribution in [1.29, 1.82) is 0 Å². The van der Waals surface area contributed by atoms with Crippen molar-refractivity contribution in [3.8, 4) is 40.2 Å². The Hall–Kier alpha value is -8.16. The number of ether oxygens (including phenoxy) is 6. The molecule has 1 aromatic heterocycles. The molecule has 0 saturated heterocycles. The maximum atomic E-state index is 12.7. The van der Waals surface area contributed by atoms with Crippen molar-refractivity contribution in [3.63, 3.8) is 0 Å². The average molecular weight is 1020 g/mol. The van der Waals surface area contributed by atoms with Crippen LogP contribution in [0.25, 0.3) is 0 Å². The summed E-state index contributed by atoms with van der Waals surface area (Å²) in [4.78, 5) is 74.8. The fourth-order valence-electron chi connectivity index (χ4n) is 7.07. The number of carbonyl (C=O) groups is 6. The van der Waals surface area contributed by atoms with Gasteiger partial charge in [0.2, 0.25) is 5.91 Å². The predicted molar refractivity (Wildman–Crippen MR) is 267 cm³/mol. The molecule has 1 amide bonds. The van der Waals surface area contributed by atoms with Gasteiger partial charge in [-0.1, -0.05) is 42.6 Å². The van der Waals surface area contributed by atoms with Crippen molar-refractivity contribution in [3.05, 3.63) is 131 Å². The number of hydrogen-bond donors (Lipinski definition) is 5. The number of aromatic hydroxyl groups is 3. The molecule has 0 fully saturated rings. The van der Waals surface area contributed by atoms with E-state index in [1.54, 1.807) is 41.2 Å². The second-order valence-electron chi connectivity index (χ2n) is 16.5. The van der Waals surface area contributed by atoms with E-state index in [1.807, 2.05) is 0 Å². The number of phenols is 3. The summed E-state index contributed by atoms with van der Waals surface area (Å²) >= 11 is 0. The van der Waals surface area contributed by atoms with Crippen LogP contribution in [0.1, 0.15) is 65.6 Å². The number of ketones is 4. The SMILES string of the molecule is C=C=C.COc1cc(CC(=O)CC(=O)Cc2ccc(OC(=O)CCCC(=O)NCCOCCOCCn3cc(COc4ccc(CC(=O)CC(=O)Cc5ccc(O)c(CO)c5)cc4OC)nn3)c(O)c2)ccc1O. The van der Waals surface area contributed by atoms with E-state index in [-0.39, 0.29) is 142 Å². The van der Waals surface area contributed by atoms with Crippen molar-refractivity contribution in [2.75, 3.05) is 47.2 Å². The molecule has 5 aromatic rings. The standard InChI is InChI=1S/C51H58N4O16.C3H4/c1-66-48-26-35(7-11-44(48)62)23-41(59)29-40(58)22-34-8-12-46(45(63)25-34)71-51(65)5-3-4-50(64)52-14-16-68-18-19-69-17-15-55-30-38(53-54-55)32-70-47-13-9-36(27-49(47)67-2)24-42(60)28-39(57)21-33-6-10-43(61)37(20-33)31-56;1-3-2/h6-13,20,25-27,30,56,61-63H,3-5,14-19,21-24,28-29,31-32H2,1-2H3,(H,52,64);1-2H2. The van der Waals surface area contributed by atoms with Crippen LogP contribution < -0.4 is 24.3 Å². The highest BCUT2D eigenvalue weighted by Crippen LogP contribution is 2.31. The van der Waals surface area contributed by atoms with Crippen LogP contribution in [0.3, 0.4) is 0 Å². The van der Waals surface area contributed by atoms with Gasteiger partial charge < -0.3 is 54.2 Å². The van der Waals surface area contributed by atoms with E-state index >= 15 is 0 Å². The maximum Gasteiger partial charge on any atom is 0.311 e. The second kappa shape index (κ2) is 31.3. The molecule has 0 aliphatic rings. The Labute approximate surface area is 428 Å². The smallest absolute Gasteiger partial charge is 0.311 e. The molecule has 0 atom stereocenters. The topological polar surface area (TPSA) is 281 Å². The maximum absolute atomic E-state index is 12.7. The molecule has 74 heavy (non-hydrogen) atoms. The number of aromatic nitrogens is 3. The first-order valence-corrected chi connectivity index (χ1v) is 23.4.